The number of sulfonamides is 1. The van der Waals surface area contributed by atoms with Crippen LogP contribution in [0.2, 0.25) is 5.02 Å². The maximum Gasteiger partial charge on any atom is 0.255 e. The van der Waals surface area contributed by atoms with Gasteiger partial charge in [0, 0.05) is 30.7 Å². The Morgan fingerprint density at radius 2 is 1.68 bits per heavy atom. The van der Waals surface area contributed by atoms with Gasteiger partial charge in [0.1, 0.15) is 0 Å². The molecule has 0 atom stereocenters. The summed E-state index contributed by atoms with van der Waals surface area (Å²) in [7, 11) is -3.57. The van der Waals surface area contributed by atoms with E-state index in [0.29, 0.717) is 28.1 Å². The van der Waals surface area contributed by atoms with Crippen molar-refractivity contribution >= 4 is 43.5 Å². The van der Waals surface area contributed by atoms with Crippen LogP contribution < -0.4 is 0 Å². The summed E-state index contributed by atoms with van der Waals surface area (Å²) in [6, 6.07) is 13.5. The van der Waals surface area contributed by atoms with Gasteiger partial charge < -0.3 is 4.90 Å². The summed E-state index contributed by atoms with van der Waals surface area (Å²) in [6.07, 6.45) is 0. The molecule has 0 aliphatic carbocycles. The topological polar surface area (TPSA) is 57.7 Å². The number of nitrogens with zero attached hydrogens (tertiary/aromatic N) is 2. The lowest BCUT2D eigenvalue weighted by Crippen LogP contribution is -2.50. The zero-order valence-electron chi connectivity index (χ0n) is 13.2. The first-order valence-electron chi connectivity index (χ1n) is 7.69. The van der Waals surface area contributed by atoms with Crippen LogP contribution in [0, 0.1) is 0 Å². The monoisotopic (exact) mass is 442 g/mol. The van der Waals surface area contributed by atoms with Crippen molar-refractivity contribution in [2.75, 3.05) is 26.2 Å². The van der Waals surface area contributed by atoms with Crippen molar-refractivity contribution in [3.63, 3.8) is 0 Å². The fourth-order valence-corrected chi connectivity index (χ4v) is 4.95. The molecule has 5 nitrogen and oxygen atoms in total. The molecule has 0 radical (unpaired) electrons. The summed E-state index contributed by atoms with van der Waals surface area (Å²) in [5.74, 6) is -0.176. The lowest BCUT2D eigenvalue weighted by molar-refractivity contribution is 0.0698. The zero-order valence-corrected chi connectivity index (χ0v) is 16.4. The Labute approximate surface area is 160 Å². The van der Waals surface area contributed by atoms with E-state index in [9.17, 15) is 13.2 Å². The smallest absolute Gasteiger partial charge is 0.255 e. The first-order valence-corrected chi connectivity index (χ1v) is 10.3. The molecule has 1 amide bonds. The molecule has 2 aromatic rings. The molecule has 0 spiro atoms. The summed E-state index contributed by atoms with van der Waals surface area (Å²) in [4.78, 5) is 14.4. The third-order valence-corrected chi connectivity index (χ3v) is 6.78. The summed E-state index contributed by atoms with van der Waals surface area (Å²) < 4.78 is 27.6. The summed E-state index contributed by atoms with van der Waals surface area (Å²) in [6.45, 7) is 1.17. The number of benzene rings is 2. The van der Waals surface area contributed by atoms with E-state index < -0.39 is 10.0 Å². The predicted molar refractivity (Wildman–Crippen MR) is 100 cm³/mol. The van der Waals surface area contributed by atoms with Crippen LogP contribution in [-0.4, -0.2) is 49.7 Å². The molecule has 0 unspecified atom stereocenters. The lowest BCUT2D eigenvalue weighted by atomic mass is 10.2. The van der Waals surface area contributed by atoms with Gasteiger partial charge in [-0.15, -0.1) is 0 Å². The Balaban J connectivity index is 1.72. The van der Waals surface area contributed by atoms with Gasteiger partial charge in [-0.2, -0.15) is 4.31 Å². The number of hydrogen-bond donors (Lipinski definition) is 0. The molecule has 132 valence electrons. The van der Waals surface area contributed by atoms with Crippen LogP contribution in [0.4, 0.5) is 0 Å². The number of carbonyl (C=O) groups excluding carboxylic acids is 1. The zero-order chi connectivity index (χ0) is 18.0. The van der Waals surface area contributed by atoms with Crippen LogP contribution in [0.25, 0.3) is 0 Å². The van der Waals surface area contributed by atoms with E-state index in [1.54, 1.807) is 53.4 Å². The van der Waals surface area contributed by atoms with E-state index in [2.05, 4.69) is 15.9 Å². The number of halogens is 2. The van der Waals surface area contributed by atoms with Crippen molar-refractivity contribution in [2.24, 2.45) is 0 Å². The normalized spacial score (nSPS) is 16.0. The molecule has 1 aliphatic heterocycles. The molecule has 0 bridgehead atoms. The Hall–Kier alpha value is -1.41. The molecule has 1 heterocycles. The van der Waals surface area contributed by atoms with Crippen LogP contribution in [0.3, 0.4) is 0 Å². The van der Waals surface area contributed by atoms with E-state index >= 15 is 0 Å². The van der Waals surface area contributed by atoms with Gasteiger partial charge in [-0.3, -0.25) is 4.79 Å². The van der Waals surface area contributed by atoms with Gasteiger partial charge in [0.15, 0.2) is 0 Å². The standard InChI is InChI=1S/C17H16BrClN2O3S/c18-13-4-3-5-14(12-13)25(23,24)21-10-8-20(9-11-21)17(22)15-6-1-2-7-16(15)19/h1-7,12H,8-11H2. The van der Waals surface area contributed by atoms with Crippen LogP contribution >= 0.6 is 27.5 Å². The molecule has 2 aromatic carbocycles. The molecular formula is C17H16BrClN2O3S. The third kappa shape index (κ3) is 3.89. The van der Waals surface area contributed by atoms with Crippen molar-refractivity contribution < 1.29 is 13.2 Å². The van der Waals surface area contributed by atoms with Gasteiger partial charge in [0.05, 0.1) is 15.5 Å². The third-order valence-electron chi connectivity index (χ3n) is 4.06. The molecule has 1 saturated heterocycles. The molecule has 3 rings (SSSR count). The Bertz CT molecular complexity index is 896. The van der Waals surface area contributed by atoms with Crippen LogP contribution in [0.1, 0.15) is 10.4 Å². The van der Waals surface area contributed by atoms with E-state index in [4.69, 9.17) is 11.6 Å². The first kappa shape index (κ1) is 18.4. The summed E-state index contributed by atoms with van der Waals surface area (Å²) >= 11 is 9.37. The van der Waals surface area contributed by atoms with Crippen molar-refractivity contribution in [3.8, 4) is 0 Å². The average molecular weight is 444 g/mol. The Morgan fingerprint density at radius 1 is 1.00 bits per heavy atom. The number of amides is 1. The second-order valence-electron chi connectivity index (χ2n) is 5.63. The largest absolute Gasteiger partial charge is 0.336 e. The highest BCUT2D eigenvalue weighted by atomic mass is 79.9. The summed E-state index contributed by atoms with van der Waals surface area (Å²) in [5, 5.41) is 0.400. The van der Waals surface area contributed by atoms with Crippen LogP contribution in [-0.2, 0) is 10.0 Å². The van der Waals surface area contributed by atoms with E-state index in [-0.39, 0.29) is 23.9 Å². The van der Waals surface area contributed by atoms with Crippen LogP contribution in [0.15, 0.2) is 57.9 Å². The second-order valence-corrected chi connectivity index (χ2v) is 8.89. The van der Waals surface area contributed by atoms with Gasteiger partial charge in [0.2, 0.25) is 10.0 Å². The maximum absolute atomic E-state index is 12.7. The minimum Gasteiger partial charge on any atom is -0.336 e. The SMILES string of the molecule is O=C(c1ccccc1Cl)N1CCN(S(=O)(=O)c2cccc(Br)c2)CC1. The van der Waals surface area contributed by atoms with E-state index in [1.165, 1.54) is 4.31 Å². The average Bonchev–Trinajstić information content (AvgIpc) is 2.62. The fraction of sp³-hybridized carbons (Fsp3) is 0.235. The fourth-order valence-electron chi connectivity index (χ4n) is 2.71. The van der Waals surface area contributed by atoms with Gasteiger partial charge >= 0.3 is 0 Å². The number of piperazine rings is 1. The number of hydrogen-bond acceptors (Lipinski definition) is 3. The van der Waals surface area contributed by atoms with Crippen LogP contribution in [0.5, 0.6) is 0 Å². The van der Waals surface area contributed by atoms with E-state index in [1.807, 2.05) is 0 Å². The highest BCUT2D eigenvalue weighted by Gasteiger charge is 2.30. The van der Waals surface area contributed by atoms with Gasteiger partial charge in [-0.05, 0) is 30.3 Å². The van der Waals surface area contributed by atoms with Crippen molar-refractivity contribution in [1.29, 1.82) is 0 Å². The van der Waals surface area contributed by atoms with Crippen molar-refractivity contribution in [3.05, 3.63) is 63.6 Å². The second kappa shape index (κ2) is 7.45. The first-order chi connectivity index (χ1) is 11.9. The molecule has 0 aromatic heterocycles. The Morgan fingerprint density at radius 3 is 2.32 bits per heavy atom. The lowest BCUT2D eigenvalue weighted by Gasteiger charge is -2.34. The summed E-state index contributed by atoms with van der Waals surface area (Å²) in [5.41, 5.74) is 0.437. The molecule has 0 N–H and O–H groups in total. The van der Waals surface area contributed by atoms with Gasteiger partial charge in [-0.1, -0.05) is 45.7 Å². The van der Waals surface area contributed by atoms with E-state index in [0.717, 1.165) is 0 Å². The maximum atomic E-state index is 12.7. The minimum atomic E-state index is -3.57. The van der Waals surface area contributed by atoms with Gasteiger partial charge in [0.25, 0.3) is 5.91 Å². The molecular weight excluding hydrogens is 428 g/mol. The number of carbonyl (C=O) groups is 1. The Kier molecular flexibility index (Phi) is 5.48. The van der Waals surface area contributed by atoms with Crippen molar-refractivity contribution in [1.82, 2.24) is 9.21 Å². The molecule has 8 heteroatoms. The highest BCUT2D eigenvalue weighted by Crippen LogP contribution is 2.22. The molecule has 25 heavy (non-hydrogen) atoms. The van der Waals surface area contributed by atoms with Crippen molar-refractivity contribution in [2.45, 2.75) is 4.90 Å². The highest BCUT2D eigenvalue weighted by molar-refractivity contribution is 9.10. The predicted octanol–water partition coefficient (Wildman–Crippen LogP) is 3.25. The molecule has 1 fully saturated rings. The number of rotatable bonds is 3. The van der Waals surface area contributed by atoms with Gasteiger partial charge in [-0.25, -0.2) is 8.42 Å². The quantitative estimate of drug-likeness (QED) is 0.732. The minimum absolute atomic E-state index is 0.176. The molecule has 0 saturated carbocycles. The molecule has 1 aliphatic rings.